The van der Waals surface area contributed by atoms with Gasteiger partial charge < -0.3 is 15.5 Å². The van der Waals surface area contributed by atoms with E-state index in [1.807, 2.05) is 30.3 Å². The summed E-state index contributed by atoms with van der Waals surface area (Å²) >= 11 is 0. The molecule has 0 bridgehead atoms. The van der Waals surface area contributed by atoms with Crippen LogP contribution in [0.25, 0.3) is 11.3 Å². The molecule has 1 aromatic heterocycles. The fourth-order valence-corrected chi connectivity index (χ4v) is 2.19. The molecule has 1 unspecified atom stereocenters. The Kier molecular flexibility index (Phi) is 5.35. The molecular weight excluding hydrogens is 294 g/mol. The summed E-state index contributed by atoms with van der Waals surface area (Å²) in [6.07, 6.45) is 1.69. The van der Waals surface area contributed by atoms with Crippen LogP contribution in [-0.4, -0.2) is 47.7 Å². The van der Waals surface area contributed by atoms with Crippen molar-refractivity contribution >= 4 is 17.6 Å². The van der Waals surface area contributed by atoms with Crippen LogP contribution in [0.5, 0.6) is 0 Å². The number of carbonyl (C=O) groups excluding carboxylic acids is 2. The van der Waals surface area contributed by atoms with Crippen molar-refractivity contribution in [2.45, 2.75) is 6.92 Å². The molecule has 1 atom stereocenters. The van der Waals surface area contributed by atoms with E-state index in [1.54, 1.807) is 27.2 Å². The Morgan fingerprint density at radius 3 is 2.52 bits per heavy atom. The topological polar surface area (TPSA) is 90.1 Å². The highest BCUT2D eigenvalue weighted by Gasteiger charge is 2.17. The number of aromatic nitrogens is 2. The lowest BCUT2D eigenvalue weighted by Crippen LogP contribution is -2.39. The van der Waals surface area contributed by atoms with Gasteiger partial charge in [0.05, 0.1) is 11.6 Å². The molecule has 0 fully saturated rings. The van der Waals surface area contributed by atoms with Gasteiger partial charge in [-0.05, 0) is 23.8 Å². The third-order valence-electron chi connectivity index (χ3n) is 3.54. The van der Waals surface area contributed by atoms with Gasteiger partial charge in [0.15, 0.2) is 0 Å². The van der Waals surface area contributed by atoms with Gasteiger partial charge in [-0.25, -0.2) is 4.79 Å². The van der Waals surface area contributed by atoms with Crippen molar-refractivity contribution in [3.63, 3.8) is 0 Å². The fourth-order valence-electron chi connectivity index (χ4n) is 2.19. The first-order valence-electron chi connectivity index (χ1n) is 7.34. The van der Waals surface area contributed by atoms with E-state index in [9.17, 15) is 9.59 Å². The SMILES string of the molecule is CNC(=O)C(C)CN(C)C(=O)Nc1ccc(-c2ccn[nH]2)cc1. The van der Waals surface area contributed by atoms with Crippen LogP contribution in [0.4, 0.5) is 10.5 Å². The number of aromatic amines is 1. The normalized spacial score (nSPS) is 11.6. The lowest BCUT2D eigenvalue weighted by Gasteiger charge is -2.21. The van der Waals surface area contributed by atoms with Crippen LogP contribution in [-0.2, 0) is 4.79 Å². The first-order valence-corrected chi connectivity index (χ1v) is 7.34. The second kappa shape index (κ2) is 7.44. The first kappa shape index (κ1) is 16.5. The zero-order chi connectivity index (χ0) is 16.8. The van der Waals surface area contributed by atoms with Crippen LogP contribution >= 0.6 is 0 Å². The predicted molar refractivity (Wildman–Crippen MR) is 88.9 cm³/mol. The third-order valence-corrected chi connectivity index (χ3v) is 3.54. The standard InChI is InChI=1S/C16H21N5O2/c1-11(15(22)17-2)10-21(3)16(23)19-13-6-4-12(5-7-13)14-8-9-18-20-14/h4-9,11H,10H2,1-3H3,(H,17,22)(H,18,20)(H,19,23). The molecule has 0 aliphatic rings. The minimum absolute atomic E-state index is 0.0893. The highest BCUT2D eigenvalue weighted by atomic mass is 16.2. The monoisotopic (exact) mass is 315 g/mol. The quantitative estimate of drug-likeness (QED) is 0.787. The Bertz CT molecular complexity index is 652. The van der Waals surface area contributed by atoms with E-state index < -0.39 is 0 Å². The maximum atomic E-state index is 12.1. The van der Waals surface area contributed by atoms with E-state index in [4.69, 9.17) is 0 Å². The summed E-state index contributed by atoms with van der Waals surface area (Å²) in [5.74, 6) is -0.355. The number of nitrogens with one attached hydrogen (secondary N) is 3. The maximum absolute atomic E-state index is 12.1. The summed E-state index contributed by atoms with van der Waals surface area (Å²) in [6, 6.07) is 9.07. The molecule has 3 N–H and O–H groups in total. The zero-order valence-corrected chi connectivity index (χ0v) is 13.5. The second-order valence-electron chi connectivity index (χ2n) is 5.37. The van der Waals surface area contributed by atoms with Crippen molar-refractivity contribution in [2.75, 3.05) is 26.0 Å². The summed E-state index contributed by atoms with van der Waals surface area (Å²) in [5, 5.41) is 12.2. The van der Waals surface area contributed by atoms with Crippen molar-refractivity contribution in [3.8, 4) is 11.3 Å². The van der Waals surface area contributed by atoms with Crippen LogP contribution < -0.4 is 10.6 Å². The molecule has 0 aliphatic carbocycles. The molecule has 7 nitrogen and oxygen atoms in total. The lowest BCUT2D eigenvalue weighted by atomic mass is 10.1. The van der Waals surface area contributed by atoms with E-state index in [2.05, 4.69) is 20.8 Å². The molecule has 2 rings (SSSR count). The van der Waals surface area contributed by atoms with Gasteiger partial charge >= 0.3 is 6.03 Å². The molecule has 0 radical (unpaired) electrons. The van der Waals surface area contributed by atoms with Crippen LogP contribution in [0.3, 0.4) is 0 Å². The molecule has 122 valence electrons. The molecule has 0 saturated heterocycles. The van der Waals surface area contributed by atoms with Crippen molar-refractivity contribution < 1.29 is 9.59 Å². The van der Waals surface area contributed by atoms with E-state index in [1.165, 1.54) is 4.90 Å². The maximum Gasteiger partial charge on any atom is 0.321 e. The molecule has 2 aromatic rings. The number of carbonyl (C=O) groups is 2. The van der Waals surface area contributed by atoms with E-state index in [0.717, 1.165) is 11.3 Å². The van der Waals surface area contributed by atoms with E-state index >= 15 is 0 Å². The highest BCUT2D eigenvalue weighted by molar-refractivity contribution is 5.90. The van der Waals surface area contributed by atoms with Gasteiger partial charge in [-0.15, -0.1) is 0 Å². The number of hydrogen-bond donors (Lipinski definition) is 3. The fraction of sp³-hybridized carbons (Fsp3) is 0.312. The number of anilines is 1. The van der Waals surface area contributed by atoms with Crippen LogP contribution in [0.2, 0.25) is 0 Å². The lowest BCUT2D eigenvalue weighted by molar-refractivity contribution is -0.124. The first-order chi connectivity index (χ1) is 11.0. The van der Waals surface area contributed by atoms with Gasteiger partial charge in [0.2, 0.25) is 5.91 Å². The third kappa shape index (κ3) is 4.32. The van der Waals surface area contributed by atoms with Crippen LogP contribution in [0.1, 0.15) is 6.92 Å². The van der Waals surface area contributed by atoms with Crippen molar-refractivity contribution in [3.05, 3.63) is 36.5 Å². The summed E-state index contributed by atoms with van der Waals surface area (Å²) in [5.41, 5.74) is 2.60. The van der Waals surface area contributed by atoms with Crippen molar-refractivity contribution in [2.24, 2.45) is 5.92 Å². The van der Waals surface area contributed by atoms with Crippen molar-refractivity contribution in [1.29, 1.82) is 0 Å². The smallest absolute Gasteiger partial charge is 0.321 e. The summed E-state index contributed by atoms with van der Waals surface area (Å²) < 4.78 is 0. The average Bonchev–Trinajstić information content (AvgIpc) is 3.09. The summed E-state index contributed by atoms with van der Waals surface area (Å²) in [7, 11) is 3.24. The Labute approximate surface area is 135 Å². The van der Waals surface area contributed by atoms with Gasteiger partial charge in [0, 0.05) is 32.5 Å². The number of hydrogen-bond acceptors (Lipinski definition) is 3. The summed E-state index contributed by atoms with van der Waals surface area (Å²) in [6.45, 7) is 2.12. The summed E-state index contributed by atoms with van der Waals surface area (Å²) in [4.78, 5) is 25.1. The second-order valence-corrected chi connectivity index (χ2v) is 5.37. The molecule has 3 amide bonds. The number of nitrogens with zero attached hydrogens (tertiary/aromatic N) is 2. The predicted octanol–water partition coefficient (Wildman–Crippen LogP) is 1.92. The Morgan fingerprint density at radius 2 is 1.96 bits per heavy atom. The largest absolute Gasteiger partial charge is 0.359 e. The molecule has 1 heterocycles. The number of urea groups is 1. The molecular formula is C16H21N5O2. The van der Waals surface area contributed by atoms with Crippen LogP contribution in [0.15, 0.2) is 36.5 Å². The minimum atomic E-state index is -0.265. The van der Waals surface area contributed by atoms with Gasteiger partial charge in [-0.1, -0.05) is 19.1 Å². The van der Waals surface area contributed by atoms with Gasteiger partial charge in [-0.3, -0.25) is 9.89 Å². The molecule has 23 heavy (non-hydrogen) atoms. The van der Waals surface area contributed by atoms with Crippen LogP contribution in [0, 0.1) is 5.92 Å². The highest BCUT2D eigenvalue weighted by Crippen LogP contribution is 2.19. The molecule has 0 spiro atoms. The van der Waals surface area contributed by atoms with Crippen molar-refractivity contribution in [1.82, 2.24) is 20.4 Å². The molecule has 7 heteroatoms. The van der Waals surface area contributed by atoms with E-state index in [-0.39, 0.29) is 17.9 Å². The number of amides is 3. The van der Waals surface area contributed by atoms with Gasteiger partial charge in [-0.2, -0.15) is 5.10 Å². The molecule has 0 saturated carbocycles. The van der Waals surface area contributed by atoms with Gasteiger partial charge in [0.1, 0.15) is 0 Å². The minimum Gasteiger partial charge on any atom is -0.359 e. The Morgan fingerprint density at radius 1 is 1.26 bits per heavy atom. The number of rotatable bonds is 5. The molecule has 0 aliphatic heterocycles. The Balaban J connectivity index is 1.93. The average molecular weight is 315 g/mol. The van der Waals surface area contributed by atoms with Gasteiger partial charge in [0.25, 0.3) is 0 Å². The molecule has 1 aromatic carbocycles. The number of benzene rings is 1. The number of H-pyrrole nitrogens is 1. The van der Waals surface area contributed by atoms with E-state index in [0.29, 0.717) is 12.2 Å². The Hall–Kier alpha value is -2.83. The zero-order valence-electron chi connectivity index (χ0n) is 13.5.